The minimum absolute atomic E-state index is 0.175. The highest BCUT2D eigenvalue weighted by molar-refractivity contribution is 7.27. The van der Waals surface area contributed by atoms with Crippen molar-refractivity contribution in [2.24, 2.45) is 0 Å². The number of halogens is 3. The summed E-state index contributed by atoms with van der Waals surface area (Å²) in [6, 6.07) is 8.45. The van der Waals surface area contributed by atoms with Crippen molar-refractivity contribution in [1.29, 1.82) is 5.41 Å². The van der Waals surface area contributed by atoms with Crippen molar-refractivity contribution in [3.63, 3.8) is 0 Å². The molecule has 0 bridgehead atoms. The fraction of sp³-hybridized carbons (Fsp3) is 0.531. The molecule has 5 nitrogen and oxygen atoms in total. The van der Waals surface area contributed by atoms with Gasteiger partial charge in [0.1, 0.15) is 5.60 Å². The minimum Gasteiger partial charge on any atom is -0.382 e. The molecule has 0 radical (unpaired) electrons. The summed E-state index contributed by atoms with van der Waals surface area (Å²) in [6.07, 6.45) is 12.4. The maximum atomic E-state index is 12.4. The molecule has 1 aliphatic rings. The van der Waals surface area contributed by atoms with E-state index < -0.39 is 12.0 Å². The third kappa shape index (κ3) is 25.1. The third-order valence-electron chi connectivity index (χ3n) is 4.76. The Morgan fingerprint density at radius 1 is 1.17 bits per heavy atom. The van der Waals surface area contributed by atoms with E-state index in [0.717, 1.165) is 26.3 Å². The molecule has 1 aromatic rings. The summed E-state index contributed by atoms with van der Waals surface area (Å²) in [5, 5.41) is 19.6. The van der Waals surface area contributed by atoms with E-state index in [2.05, 4.69) is 82.6 Å². The molecule has 0 aliphatic carbocycles. The Morgan fingerprint density at radius 3 is 2.12 bits per heavy atom. The molecular formula is C32H58F3N4OP. The molecule has 2 unspecified atom stereocenters. The molecule has 3 N–H and O–H groups in total. The second-order valence-electron chi connectivity index (χ2n) is 8.15. The van der Waals surface area contributed by atoms with Gasteiger partial charge in [0.2, 0.25) is 0 Å². The Bertz CT molecular complexity index is 814. The van der Waals surface area contributed by atoms with Crippen molar-refractivity contribution in [1.82, 2.24) is 10.3 Å². The lowest BCUT2D eigenvalue weighted by atomic mass is 10.1. The summed E-state index contributed by atoms with van der Waals surface area (Å²) in [5.41, 5.74) is 3.79. The van der Waals surface area contributed by atoms with Gasteiger partial charge >= 0.3 is 0 Å². The van der Waals surface area contributed by atoms with Gasteiger partial charge in [-0.1, -0.05) is 77.1 Å². The summed E-state index contributed by atoms with van der Waals surface area (Å²) in [4.78, 5) is 1.53. The van der Waals surface area contributed by atoms with E-state index in [1.165, 1.54) is 27.8 Å². The summed E-state index contributed by atoms with van der Waals surface area (Å²) in [7, 11) is 3.20. The Balaban J connectivity index is -0.000000249. The normalized spacial score (nSPS) is 13.2. The van der Waals surface area contributed by atoms with Crippen LogP contribution in [0.25, 0.3) is 0 Å². The van der Waals surface area contributed by atoms with Gasteiger partial charge in [0.05, 0.1) is 19.4 Å². The van der Waals surface area contributed by atoms with Crippen LogP contribution in [0.15, 0.2) is 73.1 Å². The number of nitrogens with one attached hydrogen (secondary N) is 2. The number of anilines is 1. The predicted octanol–water partition coefficient (Wildman–Crippen LogP) is 8.46. The highest BCUT2D eigenvalue weighted by Crippen LogP contribution is 2.18. The summed E-state index contributed by atoms with van der Waals surface area (Å²) in [6.45, 7) is 20.1. The molecule has 0 saturated carbocycles. The monoisotopic (exact) mass is 602 g/mol. The Morgan fingerprint density at radius 2 is 1.73 bits per heavy atom. The number of hydrogen-bond donors (Lipinski definition) is 3. The molecule has 1 heterocycles. The standard InChI is InChI=1S/C11H18F2N2O.C11H15N2P.C5H10.2C2H6.CH3F/c1-3-7-15(8-5-4-6-14)9-11(2,16)10(12)13;1-9-3-2-8-12-13(9)10-4-6-11(14)7-5-10;1-3-5-4-2;3*1-2/h3,5-6,8,10,14,16H,1,4,7,9H2,2H3;3-7,12H,2,8,14H2,1H3;3,5H,4H2,1-2H3;2*1-2H3;1H3/b8-5-,14-6?;;5-3-;;;. The number of aliphatic hydroxyl groups is 1. The maximum Gasteiger partial charge on any atom is 0.268 e. The van der Waals surface area contributed by atoms with Gasteiger partial charge in [-0.15, -0.1) is 15.8 Å². The van der Waals surface area contributed by atoms with E-state index >= 15 is 0 Å². The molecule has 0 amide bonds. The molecule has 1 aromatic carbocycles. The second-order valence-corrected chi connectivity index (χ2v) is 8.81. The topological polar surface area (TPSA) is 62.6 Å². The number of hydrazine groups is 1. The highest BCUT2D eigenvalue weighted by Gasteiger charge is 2.33. The smallest absolute Gasteiger partial charge is 0.268 e. The Labute approximate surface area is 252 Å². The van der Waals surface area contributed by atoms with Gasteiger partial charge in [-0.05, 0) is 63.5 Å². The Hall–Kier alpha value is -2.41. The van der Waals surface area contributed by atoms with Crippen LogP contribution in [0.4, 0.5) is 18.9 Å². The van der Waals surface area contributed by atoms with E-state index in [0.29, 0.717) is 20.1 Å². The van der Waals surface area contributed by atoms with Crippen molar-refractivity contribution in [2.45, 2.75) is 86.7 Å². The SMILES string of the molecule is C/C=C\CC.C=CCN(/C=C\CC=N)CC(C)(O)C(F)F.CC.CC.CC1=CCCNN1c1ccc(P)cc1.CF. The largest absolute Gasteiger partial charge is 0.382 e. The first kappa shape index (κ1) is 45.6. The number of hydrogen-bond acceptors (Lipinski definition) is 5. The summed E-state index contributed by atoms with van der Waals surface area (Å²) < 4.78 is 34.4. The highest BCUT2D eigenvalue weighted by atomic mass is 31.0. The van der Waals surface area contributed by atoms with Crippen LogP contribution in [0.2, 0.25) is 0 Å². The van der Waals surface area contributed by atoms with Crippen LogP contribution in [0.3, 0.4) is 0 Å². The number of alkyl halides is 3. The predicted molar refractivity (Wildman–Crippen MR) is 180 cm³/mol. The minimum atomic E-state index is -2.80. The van der Waals surface area contributed by atoms with Crippen molar-refractivity contribution >= 4 is 26.4 Å². The van der Waals surface area contributed by atoms with E-state index in [4.69, 9.17) is 5.41 Å². The number of allylic oxidation sites excluding steroid dienone is 4. The van der Waals surface area contributed by atoms with Crippen LogP contribution in [0, 0.1) is 5.41 Å². The van der Waals surface area contributed by atoms with Crippen LogP contribution >= 0.6 is 9.24 Å². The van der Waals surface area contributed by atoms with E-state index in [-0.39, 0.29) is 6.54 Å². The van der Waals surface area contributed by atoms with Crippen LogP contribution in [0.1, 0.15) is 74.7 Å². The van der Waals surface area contributed by atoms with Gasteiger partial charge in [0.15, 0.2) is 0 Å². The van der Waals surface area contributed by atoms with Crippen molar-refractivity contribution in [3.05, 3.63) is 73.1 Å². The first-order chi connectivity index (χ1) is 19.6. The van der Waals surface area contributed by atoms with Crippen LogP contribution < -0.4 is 15.7 Å². The molecule has 0 fully saturated rings. The molecule has 41 heavy (non-hydrogen) atoms. The lowest BCUT2D eigenvalue weighted by molar-refractivity contribution is -0.0929. The lowest BCUT2D eigenvalue weighted by Crippen LogP contribution is -2.44. The maximum absolute atomic E-state index is 12.4. The quantitative estimate of drug-likeness (QED) is 0.143. The van der Waals surface area contributed by atoms with E-state index in [9.17, 15) is 18.3 Å². The summed E-state index contributed by atoms with van der Waals surface area (Å²) >= 11 is 0. The molecule has 1 aliphatic heterocycles. The average Bonchev–Trinajstić information content (AvgIpc) is 2.98. The zero-order chi connectivity index (χ0) is 32.7. The van der Waals surface area contributed by atoms with Gasteiger partial charge in [-0.3, -0.25) is 9.40 Å². The molecule has 0 spiro atoms. The van der Waals surface area contributed by atoms with E-state index in [1.807, 2.05) is 34.6 Å². The van der Waals surface area contributed by atoms with Crippen molar-refractivity contribution < 1.29 is 18.3 Å². The lowest BCUT2D eigenvalue weighted by Gasteiger charge is -2.29. The molecule has 2 rings (SSSR count). The fourth-order valence-electron chi connectivity index (χ4n) is 2.93. The molecule has 2 atom stereocenters. The van der Waals surface area contributed by atoms with E-state index in [1.54, 1.807) is 18.4 Å². The first-order valence-electron chi connectivity index (χ1n) is 14.2. The van der Waals surface area contributed by atoms with Crippen LogP contribution in [-0.4, -0.2) is 55.1 Å². The van der Waals surface area contributed by atoms with Crippen LogP contribution in [-0.2, 0) is 0 Å². The van der Waals surface area contributed by atoms with Gasteiger partial charge in [0, 0.05) is 25.2 Å². The molecule has 0 aromatic heterocycles. The van der Waals surface area contributed by atoms with Gasteiger partial charge in [0.25, 0.3) is 6.43 Å². The number of rotatable bonds is 10. The van der Waals surface area contributed by atoms with Crippen molar-refractivity contribution in [2.75, 3.05) is 31.8 Å². The third-order valence-corrected chi connectivity index (χ3v) is 5.14. The summed E-state index contributed by atoms with van der Waals surface area (Å²) in [5.74, 6) is 0. The number of benzene rings is 1. The zero-order valence-electron chi connectivity index (χ0n) is 26.9. The first-order valence-corrected chi connectivity index (χ1v) is 14.8. The fourth-order valence-corrected chi connectivity index (χ4v) is 3.12. The van der Waals surface area contributed by atoms with Crippen molar-refractivity contribution in [3.8, 4) is 0 Å². The van der Waals surface area contributed by atoms with Crippen LogP contribution in [0.5, 0.6) is 0 Å². The zero-order valence-corrected chi connectivity index (χ0v) is 28.1. The molecular weight excluding hydrogens is 544 g/mol. The number of nitrogens with zero attached hydrogens (tertiary/aromatic N) is 2. The Kier molecular flexibility index (Phi) is 35.7. The molecule has 238 valence electrons. The average molecular weight is 603 g/mol. The van der Waals surface area contributed by atoms with Gasteiger partial charge < -0.3 is 15.4 Å². The second kappa shape index (κ2) is 32.1. The molecule has 0 saturated heterocycles. The van der Waals surface area contributed by atoms with Gasteiger partial charge in [-0.2, -0.15) is 0 Å². The molecule has 9 heteroatoms. The van der Waals surface area contributed by atoms with Gasteiger partial charge in [-0.25, -0.2) is 14.2 Å².